The molecule has 0 aliphatic rings. The van der Waals surface area contributed by atoms with Crippen molar-refractivity contribution >= 4 is 46.4 Å². The fourth-order valence-corrected chi connectivity index (χ4v) is 3.32. The van der Waals surface area contributed by atoms with Gasteiger partial charge in [0.2, 0.25) is 0 Å². The number of fused-ring (bicyclic) bond motifs is 1. The van der Waals surface area contributed by atoms with Gasteiger partial charge in [0, 0.05) is 28.9 Å². The molecule has 0 bridgehead atoms. The maximum Gasteiger partial charge on any atom is 0.170 e. The van der Waals surface area contributed by atoms with Crippen LogP contribution in [0, 0.1) is 0 Å². The summed E-state index contributed by atoms with van der Waals surface area (Å²) in [6.45, 7) is 2.83. The van der Waals surface area contributed by atoms with E-state index in [2.05, 4.69) is 15.3 Å². The lowest BCUT2D eigenvalue weighted by molar-refractivity contribution is 1.01. The third-order valence-corrected chi connectivity index (χ3v) is 4.50. The SMILES string of the molecule is CCNc1cn2ccnc2c(Sc2cc(Cl)ccc2Cl)n1. The molecule has 1 N–H and O–H groups in total. The number of aromatic nitrogens is 3. The molecule has 0 unspecified atom stereocenters. The highest BCUT2D eigenvalue weighted by atomic mass is 35.5. The number of halogens is 2. The standard InChI is InChI=1S/C14H12Cl2N4S/c1-2-17-12-8-20-6-5-18-13(20)14(19-12)21-11-7-9(15)3-4-10(11)16/h3-8,17H,2H2,1H3. The zero-order chi connectivity index (χ0) is 14.8. The Morgan fingerprint density at radius 3 is 3.00 bits per heavy atom. The van der Waals surface area contributed by atoms with E-state index in [4.69, 9.17) is 23.2 Å². The van der Waals surface area contributed by atoms with Crippen LogP contribution in [-0.2, 0) is 0 Å². The van der Waals surface area contributed by atoms with Gasteiger partial charge in [-0.2, -0.15) is 0 Å². The third-order valence-electron chi connectivity index (χ3n) is 2.80. The number of anilines is 1. The summed E-state index contributed by atoms with van der Waals surface area (Å²) in [4.78, 5) is 9.80. The Morgan fingerprint density at radius 1 is 1.33 bits per heavy atom. The molecule has 0 aliphatic heterocycles. The van der Waals surface area contributed by atoms with Crippen molar-refractivity contribution in [2.45, 2.75) is 16.8 Å². The molecular formula is C14H12Cl2N4S. The molecule has 0 saturated heterocycles. The van der Waals surface area contributed by atoms with Crippen LogP contribution in [0.2, 0.25) is 10.0 Å². The Kier molecular flexibility index (Phi) is 4.24. The summed E-state index contributed by atoms with van der Waals surface area (Å²) >= 11 is 13.7. The summed E-state index contributed by atoms with van der Waals surface area (Å²) in [6, 6.07) is 5.38. The molecule has 0 radical (unpaired) electrons. The molecule has 3 rings (SSSR count). The van der Waals surface area contributed by atoms with Crippen LogP contribution >= 0.6 is 35.0 Å². The highest BCUT2D eigenvalue weighted by Crippen LogP contribution is 2.36. The fourth-order valence-electron chi connectivity index (χ4n) is 1.90. The zero-order valence-electron chi connectivity index (χ0n) is 11.2. The maximum absolute atomic E-state index is 6.22. The zero-order valence-corrected chi connectivity index (χ0v) is 13.5. The monoisotopic (exact) mass is 338 g/mol. The van der Waals surface area contributed by atoms with Crippen LogP contribution in [0.15, 0.2) is 46.7 Å². The van der Waals surface area contributed by atoms with Crippen molar-refractivity contribution in [3.8, 4) is 0 Å². The van der Waals surface area contributed by atoms with E-state index < -0.39 is 0 Å². The molecule has 0 fully saturated rings. The Hall–Kier alpha value is -1.43. The van der Waals surface area contributed by atoms with E-state index in [0.717, 1.165) is 27.9 Å². The lowest BCUT2D eigenvalue weighted by Gasteiger charge is -2.09. The number of imidazole rings is 1. The molecule has 108 valence electrons. The predicted octanol–water partition coefficient (Wildman–Crippen LogP) is 4.62. The van der Waals surface area contributed by atoms with Crippen molar-refractivity contribution < 1.29 is 0 Å². The first-order valence-electron chi connectivity index (χ1n) is 6.38. The van der Waals surface area contributed by atoms with Gasteiger partial charge >= 0.3 is 0 Å². The topological polar surface area (TPSA) is 42.2 Å². The smallest absolute Gasteiger partial charge is 0.170 e. The minimum absolute atomic E-state index is 0.643. The van der Waals surface area contributed by atoms with E-state index in [1.165, 1.54) is 11.8 Å². The van der Waals surface area contributed by atoms with Gasteiger partial charge in [0.25, 0.3) is 0 Å². The van der Waals surface area contributed by atoms with Gasteiger partial charge in [-0.05, 0) is 25.1 Å². The molecule has 4 nitrogen and oxygen atoms in total. The van der Waals surface area contributed by atoms with Crippen LogP contribution in [0.5, 0.6) is 0 Å². The average Bonchev–Trinajstić information content (AvgIpc) is 2.92. The Balaban J connectivity index is 2.06. The van der Waals surface area contributed by atoms with Gasteiger partial charge in [0.1, 0.15) is 10.8 Å². The van der Waals surface area contributed by atoms with Gasteiger partial charge in [-0.3, -0.25) is 0 Å². The first-order valence-corrected chi connectivity index (χ1v) is 7.95. The summed E-state index contributed by atoms with van der Waals surface area (Å²) < 4.78 is 1.94. The maximum atomic E-state index is 6.22. The minimum atomic E-state index is 0.643. The van der Waals surface area contributed by atoms with Gasteiger partial charge in [-0.1, -0.05) is 35.0 Å². The Labute approximate surface area is 136 Å². The molecule has 2 aromatic heterocycles. The second-order valence-corrected chi connectivity index (χ2v) is 6.17. The van der Waals surface area contributed by atoms with E-state index in [9.17, 15) is 0 Å². The molecule has 0 spiro atoms. The molecule has 2 heterocycles. The molecule has 0 amide bonds. The molecule has 21 heavy (non-hydrogen) atoms. The highest BCUT2D eigenvalue weighted by Gasteiger charge is 2.11. The summed E-state index contributed by atoms with van der Waals surface area (Å²) in [5, 5.41) is 5.28. The summed E-state index contributed by atoms with van der Waals surface area (Å²) in [5.41, 5.74) is 0.790. The number of nitrogens with one attached hydrogen (secondary N) is 1. The first-order chi connectivity index (χ1) is 10.2. The van der Waals surface area contributed by atoms with Crippen molar-refractivity contribution in [3.63, 3.8) is 0 Å². The van der Waals surface area contributed by atoms with Crippen LogP contribution in [0.25, 0.3) is 5.65 Å². The van der Waals surface area contributed by atoms with Crippen LogP contribution < -0.4 is 5.32 Å². The summed E-state index contributed by atoms with van der Waals surface area (Å²) in [5.74, 6) is 0.795. The van der Waals surface area contributed by atoms with Crippen LogP contribution in [-0.4, -0.2) is 20.9 Å². The Bertz CT molecular complexity index is 788. The molecule has 3 aromatic rings. The number of benzene rings is 1. The first kappa shape index (κ1) is 14.5. The highest BCUT2D eigenvalue weighted by molar-refractivity contribution is 7.99. The van der Waals surface area contributed by atoms with Gasteiger partial charge in [-0.25, -0.2) is 9.97 Å². The predicted molar refractivity (Wildman–Crippen MR) is 87.7 cm³/mol. The fraction of sp³-hybridized carbons (Fsp3) is 0.143. The van der Waals surface area contributed by atoms with Gasteiger partial charge in [-0.15, -0.1) is 0 Å². The summed E-state index contributed by atoms with van der Waals surface area (Å²) in [6.07, 6.45) is 5.55. The largest absolute Gasteiger partial charge is 0.369 e. The van der Waals surface area contributed by atoms with E-state index in [0.29, 0.717) is 10.0 Å². The number of hydrogen-bond acceptors (Lipinski definition) is 4. The minimum Gasteiger partial charge on any atom is -0.369 e. The second kappa shape index (κ2) is 6.13. The second-order valence-electron chi connectivity index (χ2n) is 4.30. The molecule has 7 heteroatoms. The quantitative estimate of drug-likeness (QED) is 0.753. The molecular weight excluding hydrogens is 327 g/mol. The molecule has 0 aliphatic carbocycles. The molecule has 1 aromatic carbocycles. The van der Waals surface area contributed by atoms with E-state index in [1.807, 2.05) is 29.8 Å². The van der Waals surface area contributed by atoms with Crippen LogP contribution in [0.3, 0.4) is 0 Å². The average molecular weight is 339 g/mol. The number of rotatable bonds is 4. The van der Waals surface area contributed by atoms with E-state index in [-0.39, 0.29) is 0 Å². The van der Waals surface area contributed by atoms with Crippen LogP contribution in [0.4, 0.5) is 5.82 Å². The summed E-state index contributed by atoms with van der Waals surface area (Å²) in [7, 11) is 0. The van der Waals surface area contributed by atoms with Crippen molar-refractivity contribution in [1.82, 2.24) is 14.4 Å². The van der Waals surface area contributed by atoms with Crippen LogP contribution in [0.1, 0.15) is 6.92 Å². The van der Waals surface area contributed by atoms with Gasteiger partial charge < -0.3 is 9.72 Å². The van der Waals surface area contributed by atoms with Gasteiger partial charge in [0.05, 0.1) is 11.2 Å². The van der Waals surface area contributed by atoms with Crippen molar-refractivity contribution in [2.75, 3.05) is 11.9 Å². The van der Waals surface area contributed by atoms with E-state index >= 15 is 0 Å². The normalized spacial score (nSPS) is 11.0. The molecule has 0 atom stereocenters. The number of hydrogen-bond donors (Lipinski definition) is 1. The van der Waals surface area contributed by atoms with Gasteiger partial charge in [0.15, 0.2) is 5.65 Å². The lowest BCUT2D eigenvalue weighted by atomic mass is 10.4. The van der Waals surface area contributed by atoms with Crippen molar-refractivity contribution in [2.24, 2.45) is 0 Å². The third kappa shape index (κ3) is 3.10. The lowest BCUT2D eigenvalue weighted by Crippen LogP contribution is -2.02. The molecule has 0 saturated carbocycles. The Morgan fingerprint density at radius 2 is 2.19 bits per heavy atom. The van der Waals surface area contributed by atoms with E-state index in [1.54, 1.807) is 18.3 Å². The van der Waals surface area contributed by atoms with Crippen molar-refractivity contribution in [1.29, 1.82) is 0 Å². The number of nitrogens with zero attached hydrogens (tertiary/aromatic N) is 3. The van der Waals surface area contributed by atoms with Crippen molar-refractivity contribution in [3.05, 3.63) is 46.8 Å².